The number of anilines is 3. The number of hydrogen-bond donors (Lipinski definition) is 3. The van der Waals surface area contributed by atoms with E-state index < -0.39 is 0 Å². The highest BCUT2D eigenvalue weighted by Crippen LogP contribution is 2.31. The molecule has 0 aliphatic rings. The molecule has 132 valence electrons. The van der Waals surface area contributed by atoms with Crippen molar-refractivity contribution in [2.24, 2.45) is 0 Å². The summed E-state index contributed by atoms with van der Waals surface area (Å²) in [6.45, 7) is 0. The molecule has 26 heavy (non-hydrogen) atoms. The van der Waals surface area contributed by atoms with Crippen LogP contribution in [0.1, 0.15) is 0 Å². The zero-order valence-corrected chi connectivity index (χ0v) is 16.2. The van der Waals surface area contributed by atoms with Crippen molar-refractivity contribution in [1.82, 2.24) is 19.5 Å². The van der Waals surface area contributed by atoms with Crippen molar-refractivity contribution in [2.45, 2.75) is 4.21 Å². The van der Waals surface area contributed by atoms with E-state index in [9.17, 15) is 5.21 Å². The number of fused-ring (bicyclic) bond motifs is 1. The van der Waals surface area contributed by atoms with Crippen molar-refractivity contribution < 1.29 is 5.21 Å². The number of nitrogens with one attached hydrogen (secondary N) is 2. The Kier molecular flexibility index (Phi) is 5.20. The van der Waals surface area contributed by atoms with E-state index in [0.29, 0.717) is 10.9 Å². The Hall–Kier alpha value is -1.95. The molecule has 0 atom stereocenters. The summed E-state index contributed by atoms with van der Waals surface area (Å²) in [5, 5.41) is 16.0. The van der Waals surface area contributed by atoms with Crippen LogP contribution in [0.4, 0.5) is 16.6 Å². The van der Waals surface area contributed by atoms with Crippen LogP contribution in [-0.2, 0) is 0 Å². The molecule has 0 fully saturated rings. The number of thiophene rings is 1. The van der Waals surface area contributed by atoms with Gasteiger partial charge in [-0.15, -0.1) is 11.3 Å². The second-order valence-electron chi connectivity index (χ2n) is 4.95. The molecule has 3 aromatic heterocycles. The number of hydrogen-bond acceptors (Lipinski definition) is 10. The largest absolute Gasteiger partial charge is 0.316 e. The predicted octanol–water partition coefficient (Wildman–Crippen LogP) is 5.27. The first-order valence-electron chi connectivity index (χ1n) is 7.29. The number of aromatic nitrogens is 3. The van der Waals surface area contributed by atoms with E-state index in [1.807, 2.05) is 35.7 Å². The third-order valence-electron chi connectivity index (χ3n) is 3.15. The van der Waals surface area contributed by atoms with Gasteiger partial charge in [-0.25, -0.2) is 15.0 Å². The molecule has 1 aromatic carbocycles. The van der Waals surface area contributed by atoms with Crippen LogP contribution in [-0.4, -0.2) is 24.7 Å². The molecule has 0 bridgehead atoms. The second-order valence-corrected chi connectivity index (χ2v) is 8.49. The monoisotopic (exact) mass is 422 g/mol. The van der Waals surface area contributed by atoms with E-state index in [2.05, 4.69) is 25.7 Å². The number of benzene rings is 1. The van der Waals surface area contributed by atoms with E-state index in [4.69, 9.17) is 11.6 Å². The molecule has 4 rings (SSSR count). The van der Waals surface area contributed by atoms with Gasteiger partial charge in [0.25, 0.3) is 0 Å². The summed E-state index contributed by atoms with van der Waals surface area (Å²) in [5.74, 6) is 0.580. The molecule has 3 heterocycles. The first-order chi connectivity index (χ1) is 12.7. The van der Waals surface area contributed by atoms with Gasteiger partial charge in [0.05, 0.1) is 20.1 Å². The molecule has 0 radical (unpaired) electrons. The van der Waals surface area contributed by atoms with Crippen LogP contribution in [0.25, 0.3) is 10.2 Å². The fourth-order valence-corrected chi connectivity index (χ4v) is 4.61. The topological polar surface area (TPSA) is 86.2 Å². The molecule has 0 amide bonds. The lowest BCUT2D eigenvalue weighted by Gasteiger charge is -2.14. The van der Waals surface area contributed by atoms with Gasteiger partial charge < -0.3 is 5.32 Å². The zero-order valence-electron chi connectivity index (χ0n) is 13.0. The van der Waals surface area contributed by atoms with Gasteiger partial charge in [0, 0.05) is 18.1 Å². The molecule has 0 aliphatic heterocycles. The smallest absolute Gasteiger partial charge is 0.224 e. The van der Waals surface area contributed by atoms with Crippen molar-refractivity contribution in [3.63, 3.8) is 0 Å². The summed E-state index contributed by atoms with van der Waals surface area (Å²) in [6.07, 6.45) is 1.58. The fourth-order valence-electron chi connectivity index (χ4n) is 2.10. The maximum atomic E-state index is 10.0. The SMILES string of the molecule is ON(Nc1ccc2nc(Nc3ccnc(Cl)n3)sc2c1)Sc1cccs1. The highest BCUT2D eigenvalue weighted by molar-refractivity contribution is 7.98. The van der Waals surface area contributed by atoms with Gasteiger partial charge in [-0.2, -0.15) is 0 Å². The molecule has 0 aliphatic carbocycles. The number of nitrogens with zero attached hydrogens (tertiary/aromatic N) is 4. The first-order valence-corrected chi connectivity index (χ1v) is 10.1. The van der Waals surface area contributed by atoms with Crippen LogP contribution in [0.15, 0.2) is 52.2 Å². The Morgan fingerprint density at radius 3 is 2.92 bits per heavy atom. The summed E-state index contributed by atoms with van der Waals surface area (Å²) in [4.78, 5) is 12.5. The van der Waals surface area contributed by atoms with E-state index in [0.717, 1.165) is 24.7 Å². The molecule has 0 unspecified atom stereocenters. The fraction of sp³-hybridized carbons (Fsp3) is 0. The molecule has 11 heteroatoms. The van der Waals surface area contributed by atoms with Crippen molar-refractivity contribution >= 4 is 73.1 Å². The third-order valence-corrected chi connectivity index (χ3v) is 6.02. The number of rotatable bonds is 6. The Labute approximate surface area is 165 Å². The van der Waals surface area contributed by atoms with E-state index in [1.54, 1.807) is 23.6 Å². The first kappa shape index (κ1) is 17.5. The van der Waals surface area contributed by atoms with Crippen LogP contribution in [0.3, 0.4) is 0 Å². The van der Waals surface area contributed by atoms with Gasteiger partial charge >= 0.3 is 0 Å². The maximum absolute atomic E-state index is 10.0. The van der Waals surface area contributed by atoms with Gasteiger partial charge in [0.2, 0.25) is 5.28 Å². The number of hydrazine groups is 1. The number of halogens is 1. The minimum absolute atomic E-state index is 0.175. The van der Waals surface area contributed by atoms with Gasteiger partial charge in [0.15, 0.2) is 5.13 Å². The van der Waals surface area contributed by atoms with Crippen molar-refractivity contribution in [1.29, 1.82) is 0 Å². The molecule has 0 saturated carbocycles. The van der Waals surface area contributed by atoms with Gasteiger partial charge in [-0.05, 0) is 51.9 Å². The quantitative estimate of drug-likeness (QED) is 0.220. The van der Waals surface area contributed by atoms with Crippen LogP contribution < -0.4 is 10.7 Å². The molecule has 3 N–H and O–H groups in total. The Bertz CT molecular complexity index is 1030. The van der Waals surface area contributed by atoms with Crippen molar-refractivity contribution in [2.75, 3.05) is 10.7 Å². The molecular formula is C15H11ClN6OS3. The van der Waals surface area contributed by atoms with Crippen molar-refractivity contribution in [3.8, 4) is 0 Å². The van der Waals surface area contributed by atoms with Crippen LogP contribution in [0.5, 0.6) is 0 Å². The summed E-state index contributed by atoms with van der Waals surface area (Å²) < 4.78 is 2.93. The summed E-state index contributed by atoms with van der Waals surface area (Å²) in [5.41, 5.74) is 4.52. The van der Waals surface area contributed by atoms with Crippen molar-refractivity contribution in [3.05, 3.63) is 53.3 Å². The standard InChI is InChI=1S/C15H11ClN6OS3/c16-14-17-6-5-12(19-14)20-15-18-10-4-3-9(8-11(10)25-15)21-22(23)26-13-2-1-7-24-13/h1-8,21,23H,(H,17,18,19,20). The molecule has 4 aromatic rings. The minimum atomic E-state index is 0.175. The summed E-state index contributed by atoms with van der Waals surface area (Å²) >= 11 is 10.0. The lowest BCUT2D eigenvalue weighted by Crippen LogP contribution is -2.17. The van der Waals surface area contributed by atoms with Crippen LogP contribution in [0.2, 0.25) is 5.28 Å². The van der Waals surface area contributed by atoms with Gasteiger partial charge in [0.1, 0.15) is 5.82 Å². The Morgan fingerprint density at radius 2 is 2.12 bits per heavy atom. The lowest BCUT2D eigenvalue weighted by atomic mass is 10.3. The second kappa shape index (κ2) is 7.74. The molecule has 0 spiro atoms. The zero-order chi connectivity index (χ0) is 17.9. The van der Waals surface area contributed by atoms with Gasteiger partial charge in [-0.1, -0.05) is 17.4 Å². The van der Waals surface area contributed by atoms with E-state index >= 15 is 0 Å². The van der Waals surface area contributed by atoms with E-state index in [-0.39, 0.29) is 5.28 Å². The third kappa shape index (κ3) is 4.23. The summed E-state index contributed by atoms with van der Waals surface area (Å²) in [7, 11) is 0. The maximum Gasteiger partial charge on any atom is 0.224 e. The highest BCUT2D eigenvalue weighted by Gasteiger charge is 2.09. The predicted molar refractivity (Wildman–Crippen MR) is 107 cm³/mol. The highest BCUT2D eigenvalue weighted by atomic mass is 35.5. The lowest BCUT2D eigenvalue weighted by molar-refractivity contribution is 0.0440. The summed E-state index contributed by atoms with van der Waals surface area (Å²) in [6, 6.07) is 11.2. The van der Waals surface area contributed by atoms with Crippen LogP contribution in [0, 0.1) is 0 Å². The van der Waals surface area contributed by atoms with Crippen LogP contribution >= 0.6 is 46.2 Å². The average Bonchev–Trinajstić information content (AvgIpc) is 3.23. The Balaban J connectivity index is 1.48. The molecular weight excluding hydrogens is 412 g/mol. The van der Waals surface area contributed by atoms with Gasteiger partial charge in [-0.3, -0.25) is 10.6 Å². The Morgan fingerprint density at radius 1 is 1.19 bits per heavy atom. The molecule has 0 saturated heterocycles. The normalized spacial score (nSPS) is 11.2. The molecule has 7 nitrogen and oxygen atoms in total. The average molecular weight is 423 g/mol. The minimum Gasteiger partial charge on any atom is -0.316 e. The van der Waals surface area contributed by atoms with E-state index in [1.165, 1.54) is 23.3 Å². The number of thiazole rings is 1.